The molecule has 2 aromatic heterocycles. The molecule has 1 aromatic carbocycles. The van der Waals surface area contributed by atoms with Crippen molar-refractivity contribution in [2.45, 2.75) is 43.1 Å². The Morgan fingerprint density at radius 3 is 1.89 bits per heavy atom. The van der Waals surface area contributed by atoms with Crippen molar-refractivity contribution in [1.29, 1.82) is 0 Å². The highest BCUT2D eigenvalue weighted by Crippen LogP contribution is 2.56. The molecule has 3 aromatic rings. The lowest BCUT2D eigenvalue weighted by molar-refractivity contribution is -0.139. The molecule has 2 heterocycles. The van der Waals surface area contributed by atoms with E-state index in [4.69, 9.17) is 20.9 Å². The molecular weight excluding hydrogens is 478 g/mol. The average molecular weight is 496 g/mol. The van der Waals surface area contributed by atoms with Crippen molar-refractivity contribution in [2.24, 2.45) is 0 Å². The molecule has 2 bridgehead atoms. The van der Waals surface area contributed by atoms with Gasteiger partial charge in [0.25, 0.3) is 0 Å². The van der Waals surface area contributed by atoms with E-state index in [1.165, 1.54) is 6.07 Å². The van der Waals surface area contributed by atoms with E-state index in [1.54, 1.807) is 12.1 Å². The fraction of sp³-hybridized carbons (Fsp3) is 0.304. The first-order valence-corrected chi connectivity index (χ1v) is 10.6. The molecule has 2 aliphatic carbocycles. The molecule has 1 fully saturated rings. The Morgan fingerprint density at radius 2 is 1.29 bits per heavy atom. The summed E-state index contributed by atoms with van der Waals surface area (Å²) in [5, 5.41) is 0. The van der Waals surface area contributed by atoms with Gasteiger partial charge < -0.3 is 20.9 Å². The molecule has 0 aliphatic heterocycles. The SMILES string of the molecule is Nc1nccc(C(F)(F)F)c1Oc1ccc2c(c1)C1CCC2C1Oc1c(C(F)(F)F)ccnc1N. The van der Waals surface area contributed by atoms with Crippen LogP contribution in [0.2, 0.25) is 0 Å². The molecule has 12 heteroatoms. The first-order chi connectivity index (χ1) is 16.4. The molecule has 5 rings (SSSR count). The van der Waals surface area contributed by atoms with Gasteiger partial charge in [0.1, 0.15) is 23.0 Å². The van der Waals surface area contributed by atoms with E-state index in [0.29, 0.717) is 12.8 Å². The van der Waals surface area contributed by atoms with Gasteiger partial charge in [0, 0.05) is 24.2 Å². The Balaban J connectivity index is 1.46. The van der Waals surface area contributed by atoms with E-state index in [0.717, 1.165) is 35.7 Å². The van der Waals surface area contributed by atoms with Crippen LogP contribution in [0.3, 0.4) is 0 Å². The van der Waals surface area contributed by atoms with Gasteiger partial charge in [0.15, 0.2) is 23.1 Å². The minimum absolute atomic E-state index is 0.0946. The lowest BCUT2D eigenvalue weighted by Crippen LogP contribution is -2.22. The van der Waals surface area contributed by atoms with Crippen LogP contribution in [0, 0.1) is 0 Å². The fourth-order valence-corrected chi connectivity index (χ4v) is 4.93. The molecule has 4 N–H and O–H groups in total. The predicted molar refractivity (Wildman–Crippen MR) is 113 cm³/mol. The molecule has 0 radical (unpaired) electrons. The van der Waals surface area contributed by atoms with E-state index in [2.05, 4.69) is 9.97 Å². The molecule has 35 heavy (non-hydrogen) atoms. The van der Waals surface area contributed by atoms with E-state index >= 15 is 0 Å². The van der Waals surface area contributed by atoms with Crippen LogP contribution in [0.4, 0.5) is 38.0 Å². The molecule has 184 valence electrons. The number of alkyl halides is 6. The summed E-state index contributed by atoms with van der Waals surface area (Å²) in [4.78, 5) is 7.41. The van der Waals surface area contributed by atoms with Crippen LogP contribution < -0.4 is 20.9 Å². The van der Waals surface area contributed by atoms with Crippen molar-refractivity contribution in [2.75, 3.05) is 11.5 Å². The van der Waals surface area contributed by atoms with Crippen LogP contribution in [-0.2, 0) is 12.4 Å². The number of aromatic nitrogens is 2. The van der Waals surface area contributed by atoms with E-state index in [9.17, 15) is 26.3 Å². The topological polar surface area (TPSA) is 96.3 Å². The zero-order valence-corrected chi connectivity index (χ0v) is 17.8. The number of hydrogen-bond donors (Lipinski definition) is 2. The summed E-state index contributed by atoms with van der Waals surface area (Å²) >= 11 is 0. The van der Waals surface area contributed by atoms with Crippen LogP contribution in [0.5, 0.6) is 17.2 Å². The van der Waals surface area contributed by atoms with Crippen molar-refractivity contribution in [3.63, 3.8) is 0 Å². The van der Waals surface area contributed by atoms with Gasteiger partial charge in [-0.2, -0.15) is 26.3 Å². The molecule has 0 amide bonds. The van der Waals surface area contributed by atoms with Gasteiger partial charge in [-0.15, -0.1) is 0 Å². The highest BCUT2D eigenvalue weighted by atomic mass is 19.4. The maximum Gasteiger partial charge on any atom is 0.420 e. The number of ether oxygens (including phenoxy) is 2. The van der Waals surface area contributed by atoms with E-state index in [1.807, 2.05) is 0 Å². The zero-order chi connectivity index (χ0) is 25.1. The van der Waals surface area contributed by atoms with Crippen molar-refractivity contribution in [3.05, 3.63) is 65.0 Å². The minimum atomic E-state index is -4.71. The highest BCUT2D eigenvalue weighted by molar-refractivity contribution is 5.56. The fourth-order valence-electron chi connectivity index (χ4n) is 4.93. The van der Waals surface area contributed by atoms with Crippen LogP contribution in [0.25, 0.3) is 0 Å². The third-order valence-corrected chi connectivity index (χ3v) is 6.39. The first-order valence-electron chi connectivity index (χ1n) is 10.6. The Bertz CT molecular complexity index is 1290. The number of benzene rings is 1. The zero-order valence-electron chi connectivity index (χ0n) is 17.8. The van der Waals surface area contributed by atoms with Gasteiger partial charge in [-0.25, -0.2) is 9.97 Å². The molecule has 2 aliphatic rings. The Morgan fingerprint density at radius 1 is 0.743 bits per heavy atom. The Kier molecular flexibility index (Phi) is 5.22. The van der Waals surface area contributed by atoms with E-state index in [-0.39, 0.29) is 23.4 Å². The van der Waals surface area contributed by atoms with Gasteiger partial charge in [0.05, 0.1) is 0 Å². The van der Waals surface area contributed by atoms with Gasteiger partial charge in [-0.05, 0) is 48.2 Å². The maximum atomic E-state index is 13.5. The van der Waals surface area contributed by atoms with E-state index < -0.39 is 46.9 Å². The van der Waals surface area contributed by atoms with Crippen molar-refractivity contribution < 1.29 is 35.8 Å². The Labute approximate surface area is 194 Å². The summed E-state index contributed by atoms with van der Waals surface area (Å²) in [6.07, 6.45) is -6.82. The molecule has 1 saturated carbocycles. The molecule has 3 atom stereocenters. The van der Waals surface area contributed by atoms with Crippen molar-refractivity contribution >= 4 is 11.6 Å². The highest BCUT2D eigenvalue weighted by Gasteiger charge is 2.49. The third kappa shape index (κ3) is 3.96. The first kappa shape index (κ1) is 23.1. The van der Waals surface area contributed by atoms with Crippen LogP contribution in [0.1, 0.15) is 46.9 Å². The number of nitrogens with two attached hydrogens (primary N) is 2. The van der Waals surface area contributed by atoms with Crippen LogP contribution in [0.15, 0.2) is 42.7 Å². The normalized spacial score (nSPS) is 21.1. The van der Waals surface area contributed by atoms with Crippen LogP contribution >= 0.6 is 0 Å². The lowest BCUT2D eigenvalue weighted by Gasteiger charge is -2.22. The second-order valence-corrected chi connectivity index (χ2v) is 8.41. The molecule has 0 spiro atoms. The number of pyridine rings is 2. The smallest absolute Gasteiger partial charge is 0.420 e. The number of nitrogens with zero attached hydrogens (tertiary/aromatic N) is 2. The van der Waals surface area contributed by atoms with Gasteiger partial charge in [-0.3, -0.25) is 0 Å². The van der Waals surface area contributed by atoms with Gasteiger partial charge in [0.2, 0.25) is 0 Å². The number of hydrogen-bond acceptors (Lipinski definition) is 6. The number of rotatable bonds is 4. The predicted octanol–water partition coefficient (Wildman–Crippen LogP) is 5.89. The monoisotopic (exact) mass is 496 g/mol. The number of halogens is 6. The third-order valence-electron chi connectivity index (χ3n) is 6.39. The number of fused-ring (bicyclic) bond motifs is 5. The quantitative estimate of drug-likeness (QED) is 0.437. The second kappa shape index (κ2) is 7.92. The summed E-state index contributed by atoms with van der Waals surface area (Å²) < 4.78 is 92.1. The molecule has 6 nitrogen and oxygen atoms in total. The van der Waals surface area contributed by atoms with Crippen molar-refractivity contribution in [3.8, 4) is 17.2 Å². The lowest BCUT2D eigenvalue weighted by atomic mass is 9.92. The summed E-state index contributed by atoms with van der Waals surface area (Å²) in [5.41, 5.74) is 10.8. The maximum absolute atomic E-state index is 13.5. The molecule has 3 unspecified atom stereocenters. The summed E-state index contributed by atoms with van der Waals surface area (Å²) in [6, 6.07) is 6.31. The number of anilines is 2. The van der Waals surface area contributed by atoms with Gasteiger partial charge in [-0.1, -0.05) is 6.07 Å². The van der Waals surface area contributed by atoms with Gasteiger partial charge >= 0.3 is 12.4 Å². The molecular formula is C23H18F6N4O2. The largest absolute Gasteiger partial charge is 0.485 e. The number of nitrogen functional groups attached to an aromatic ring is 2. The van der Waals surface area contributed by atoms with Crippen LogP contribution in [-0.4, -0.2) is 16.1 Å². The standard InChI is InChI=1S/C23H18F6N4O2/c24-22(25,26)15-5-7-32-20(30)18(15)34-10-1-2-11-12-3-4-13(14(11)9-10)17(12)35-19-16(23(27,28)29)6-8-33-21(19)31/h1-2,5-9,12-13,17H,3-4H2,(H2,30,32)(H2,31,33). The average Bonchev–Trinajstić information content (AvgIpc) is 3.30. The summed E-state index contributed by atoms with van der Waals surface area (Å²) in [5.74, 6) is -2.35. The second-order valence-electron chi connectivity index (χ2n) is 8.41. The molecule has 0 saturated heterocycles. The Hall–Kier alpha value is -3.70. The minimum Gasteiger partial charge on any atom is -0.485 e. The summed E-state index contributed by atoms with van der Waals surface area (Å²) in [6.45, 7) is 0. The summed E-state index contributed by atoms with van der Waals surface area (Å²) in [7, 11) is 0. The van der Waals surface area contributed by atoms with Crippen molar-refractivity contribution in [1.82, 2.24) is 9.97 Å².